The number of furan rings is 1. The van der Waals surface area contributed by atoms with E-state index in [0.29, 0.717) is 25.3 Å². The summed E-state index contributed by atoms with van der Waals surface area (Å²) in [6.45, 7) is 3.39. The summed E-state index contributed by atoms with van der Waals surface area (Å²) in [6, 6.07) is 16.9. The molecule has 0 aliphatic heterocycles. The van der Waals surface area contributed by atoms with Gasteiger partial charge in [0, 0.05) is 68.7 Å². The summed E-state index contributed by atoms with van der Waals surface area (Å²) in [4.78, 5) is 31.0. The largest absolute Gasteiger partial charge is 0.494 e. The minimum atomic E-state index is -0.113. The Hall–Kier alpha value is -4.17. The Kier molecular flexibility index (Phi) is 6.95. The third-order valence-electron chi connectivity index (χ3n) is 6.38. The van der Waals surface area contributed by atoms with Gasteiger partial charge in [0.25, 0.3) is 11.1 Å². The topological polar surface area (TPSA) is 82.5 Å². The molecule has 0 atom stereocenters. The molecule has 8 nitrogen and oxygen atoms in total. The fraction of sp³-hybridized carbons (Fsp3) is 0.250. The van der Waals surface area contributed by atoms with Crippen LogP contribution in [0.3, 0.4) is 0 Å². The van der Waals surface area contributed by atoms with Crippen molar-refractivity contribution < 1.29 is 9.15 Å². The van der Waals surface area contributed by atoms with Gasteiger partial charge < -0.3 is 18.3 Å². The summed E-state index contributed by atoms with van der Waals surface area (Å²) in [5.74, 6) is 0.778. The normalized spacial score (nSPS) is 11.5. The maximum absolute atomic E-state index is 12.7. The molecule has 184 valence electrons. The summed E-state index contributed by atoms with van der Waals surface area (Å²) in [5.41, 5.74) is 2.29. The number of rotatable bonds is 10. The first-order chi connectivity index (χ1) is 17.6. The Morgan fingerprint density at radius 2 is 1.83 bits per heavy atom. The lowest BCUT2D eigenvalue weighted by molar-refractivity contribution is 0.221. The zero-order valence-corrected chi connectivity index (χ0v) is 20.2. The predicted octanol–water partition coefficient (Wildman–Crippen LogP) is 3.81. The van der Waals surface area contributed by atoms with Gasteiger partial charge in [-0.15, -0.1) is 0 Å². The molecule has 36 heavy (non-hydrogen) atoms. The van der Waals surface area contributed by atoms with Gasteiger partial charge in [-0.2, -0.15) is 0 Å². The Balaban J connectivity index is 1.22. The van der Waals surface area contributed by atoms with Gasteiger partial charge in [0.05, 0.1) is 18.4 Å². The van der Waals surface area contributed by atoms with Crippen LogP contribution in [0.15, 0.2) is 93.5 Å². The van der Waals surface area contributed by atoms with Crippen LogP contribution < -0.4 is 15.9 Å². The van der Waals surface area contributed by atoms with E-state index >= 15 is 0 Å². The van der Waals surface area contributed by atoms with E-state index in [0.717, 1.165) is 41.5 Å². The van der Waals surface area contributed by atoms with Crippen LogP contribution in [0.5, 0.6) is 5.75 Å². The first kappa shape index (κ1) is 23.6. The molecule has 4 aromatic heterocycles. The molecule has 0 aliphatic rings. The number of fused-ring (bicyclic) bond motifs is 2. The number of pyridine rings is 3. The minimum Gasteiger partial charge on any atom is -0.494 e. The highest BCUT2D eigenvalue weighted by atomic mass is 16.5. The molecule has 4 heterocycles. The van der Waals surface area contributed by atoms with Gasteiger partial charge in [0.15, 0.2) is 5.58 Å². The molecular weight excluding hydrogens is 456 g/mol. The summed E-state index contributed by atoms with van der Waals surface area (Å²) >= 11 is 0. The van der Waals surface area contributed by atoms with Crippen LogP contribution >= 0.6 is 0 Å². The summed E-state index contributed by atoms with van der Waals surface area (Å²) in [5, 5.41) is 1.78. The van der Waals surface area contributed by atoms with Gasteiger partial charge in [-0.1, -0.05) is 0 Å². The van der Waals surface area contributed by atoms with Crippen LogP contribution in [0, 0.1) is 0 Å². The molecule has 0 saturated carbocycles. The first-order valence-corrected chi connectivity index (χ1v) is 12.0. The van der Waals surface area contributed by atoms with Crippen LogP contribution in [0.4, 0.5) is 0 Å². The molecule has 0 radical (unpaired) electrons. The number of ether oxygens (including phenoxy) is 1. The van der Waals surface area contributed by atoms with Crippen LogP contribution in [0.25, 0.3) is 21.9 Å². The number of hydrogen-bond donors (Lipinski definition) is 0. The lowest BCUT2D eigenvalue weighted by atomic mass is 10.2. The van der Waals surface area contributed by atoms with Crippen molar-refractivity contribution in [3.63, 3.8) is 0 Å². The molecule has 0 bridgehead atoms. The third kappa shape index (κ3) is 5.23. The fourth-order valence-electron chi connectivity index (χ4n) is 4.37. The van der Waals surface area contributed by atoms with Crippen molar-refractivity contribution in [2.45, 2.75) is 19.5 Å². The van der Waals surface area contributed by atoms with E-state index in [2.05, 4.69) is 9.88 Å². The molecule has 0 N–H and O–H groups in total. The molecule has 5 rings (SSSR count). The van der Waals surface area contributed by atoms with Crippen LogP contribution in [0.1, 0.15) is 12.0 Å². The fourth-order valence-corrected chi connectivity index (χ4v) is 4.37. The first-order valence-electron chi connectivity index (χ1n) is 12.0. The molecule has 5 aromatic rings. The van der Waals surface area contributed by atoms with Crippen molar-refractivity contribution in [1.82, 2.24) is 19.0 Å². The lowest BCUT2D eigenvalue weighted by Crippen LogP contribution is -2.32. The number of nitrogens with zero attached hydrogens (tertiary/aromatic N) is 4. The smallest absolute Gasteiger partial charge is 0.294 e. The van der Waals surface area contributed by atoms with Crippen LogP contribution in [-0.4, -0.2) is 38.7 Å². The predicted molar refractivity (Wildman–Crippen MR) is 139 cm³/mol. The Bertz CT molecular complexity index is 1590. The van der Waals surface area contributed by atoms with Crippen molar-refractivity contribution in [3.05, 3.63) is 106 Å². The number of aryl methyl sites for hydroxylation is 1. The molecule has 0 spiro atoms. The molecule has 8 heteroatoms. The number of hydrogen-bond acceptors (Lipinski definition) is 6. The van der Waals surface area contributed by atoms with Crippen molar-refractivity contribution in [2.24, 2.45) is 7.05 Å². The van der Waals surface area contributed by atoms with E-state index in [1.165, 1.54) is 5.56 Å². The van der Waals surface area contributed by atoms with E-state index < -0.39 is 0 Å². The monoisotopic (exact) mass is 484 g/mol. The number of benzene rings is 1. The van der Waals surface area contributed by atoms with Crippen LogP contribution in [0.2, 0.25) is 0 Å². The second-order valence-corrected chi connectivity index (χ2v) is 8.80. The van der Waals surface area contributed by atoms with Gasteiger partial charge >= 0.3 is 0 Å². The second-order valence-electron chi connectivity index (χ2n) is 8.80. The highest BCUT2D eigenvalue weighted by Crippen LogP contribution is 2.19. The van der Waals surface area contributed by atoms with Crippen molar-refractivity contribution >= 4 is 21.9 Å². The van der Waals surface area contributed by atoms with E-state index in [1.54, 1.807) is 47.0 Å². The standard InChI is InChI=1S/C28H28N4O4/c1-30-25-5-4-24(19-23(25)3-6-26(30)33)35-17-2-13-31(20-21-7-11-29-12-8-21)15-16-32-14-9-22-10-18-36-27(22)28(32)34/h3-12,14,18-19H,2,13,15-17,20H2,1H3. The molecule has 0 amide bonds. The van der Waals surface area contributed by atoms with Gasteiger partial charge in [-0.25, -0.2) is 0 Å². The second kappa shape index (κ2) is 10.6. The average Bonchev–Trinajstić information content (AvgIpc) is 3.39. The van der Waals surface area contributed by atoms with Crippen molar-refractivity contribution in [3.8, 4) is 5.75 Å². The molecular formula is C28H28N4O4. The van der Waals surface area contributed by atoms with E-state index in [-0.39, 0.29) is 11.1 Å². The molecule has 0 fully saturated rings. The molecule has 0 aliphatic carbocycles. The third-order valence-corrected chi connectivity index (χ3v) is 6.38. The van der Waals surface area contributed by atoms with E-state index in [1.807, 2.05) is 48.7 Å². The summed E-state index contributed by atoms with van der Waals surface area (Å²) in [7, 11) is 1.77. The zero-order valence-electron chi connectivity index (χ0n) is 20.2. The van der Waals surface area contributed by atoms with Crippen molar-refractivity contribution in [1.29, 1.82) is 0 Å². The highest BCUT2D eigenvalue weighted by Gasteiger charge is 2.10. The van der Waals surface area contributed by atoms with Gasteiger partial charge in [0.2, 0.25) is 0 Å². The van der Waals surface area contributed by atoms with Gasteiger partial charge in [0.1, 0.15) is 5.75 Å². The summed E-state index contributed by atoms with van der Waals surface area (Å²) in [6.07, 6.45) is 7.78. The van der Waals surface area contributed by atoms with E-state index in [4.69, 9.17) is 9.15 Å². The van der Waals surface area contributed by atoms with Crippen molar-refractivity contribution in [2.75, 3.05) is 19.7 Å². The molecule has 0 saturated heterocycles. The molecule has 1 aromatic carbocycles. The quantitative estimate of drug-likeness (QED) is 0.280. The zero-order chi connectivity index (χ0) is 24.9. The Labute approximate surface area is 208 Å². The average molecular weight is 485 g/mol. The van der Waals surface area contributed by atoms with E-state index in [9.17, 15) is 9.59 Å². The SMILES string of the molecule is Cn1c(=O)ccc2cc(OCCCN(CCn3ccc4ccoc4c3=O)Cc3ccncc3)ccc21. The van der Waals surface area contributed by atoms with Gasteiger partial charge in [-0.05, 0) is 60.5 Å². The van der Waals surface area contributed by atoms with Gasteiger partial charge in [-0.3, -0.25) is 19.5 Å². The molecule has 0 unspecified atom stereocenters. The maximum Gasteiger partial charge on any atom is 0.294 e. The summed E-state index contributed by atoms with van der Waals surface area (Å²) < 4.78 is 14.7. The Morgan fingerprint density at radius 1 is 0.972 bits per heavy atom. The number of aromatic nitrogens is 3. The Morgan fingerprint density at radius 3 is 2.69 bits per heavy atom. The highest BCUT2D eigenvalue weighted by molar-refractivity contribution is 5.80. The van der Waals surface area contributed by atoms with Crippen LogP contribution in [-0.2, 0) is 20.1 Å². The maximum atomic E-state index is 12.7. The lowest BCUT2D eigenvalue weighted by Gasteiger charge is -2.23. The minimum absolute atomic E-state index is 0.0307.